The summed E-state index contributed by atoms with van der Waals surface area (Å²) in [5.41, 5.74) is 3.42. The van der Waals surface area contributed by atoms with E-state index in [0.29, 0.717) is 39.2 Å². The monoisotopic (exact) mass is 450 g/mol. The Hall–Kier alpha value is -2.40. The Kier molecular flexibility index (Phi) is 6.91. The van der Waals surface area contributed by atoms with Gasteiger partial charge < -0.3 is 14.9 Å². The van der Waals surface area contributed by atoms with Crippen LogP contribution in [0.15, 0.2) is 54.6 Å². The van der Waals surface area contributed by atoms with Crippen molar-refractivity contribution < 1.29 is 19.7 Å². The topological polar surface area (TPSA) is 66.8 Å². The highest BCUT2D eigenvalue weighted by molar-refractivity contribution is 6.36. The smallest absolute Gasteiger partial charge is 0.341 e. The number of benzene rings is 3. The molecule has 4 nitrogen and oxygen atoms in total. The summed E-state index contributed by atoms with van der Waals surface area (Å²) >= 11 is 18.6. The molecular formula is C22H17Cl3O4. The Bertz CT molecular complexity index is 1010. The molecule has 0 amide bonds. The molecule has 150 valence electrons. The molecule has 0 bridgehead atoms. The van der Waals surface area contributed by atoms with E-state index >= 15 is 0 Å². The summed E-state index contributed by atoms with van der Waals surface area (Å²) in [6.07, 6.45) is 1.01. The van der Waals surface area contributed by atoms with E-state index < -0.39 is 12.6 Å². The first-order chi connectivity index (χ1) is 13.8. The molecule has 0 spiro atoms. The molecule has 0 aromatic heterocycles. The normalized spacial score (nSPS) is 10.7. The van der Waals surface area contributed by atoms with Gasteiger partial charge in [-0.15, -0.1) is 0 Å². The molecule has 0 aliphatic carbocycles. The zero-order valence-electron chi connectivity index (χ0n) is 15.2. The number of aliphatic carboxylic acids is 1. The molecule has 0 atom stereocenters. The summed E-state index contributed by atoms with van der Waals surface area (Å²) < 4.78 is 5.13. The summed E-state index contributed by atoms with van der Waals surface area (Å²) in [6, 6.07) is 15.9. The fraction of sp³-hybridized carbons (Fsp3) is 0.136. The predicted octanol–water partition coefficient (Wildman–Crippen LogP) is 6.00. The Balaban J connectivity index is 1.81. The van der Waals surface area contributed by atoms with Crippen molar-refractivity contribution in [3.63, 3.8) is 0 Å². The molecular weight excluding hydrogens is 435 g/mol. The van der Waals surface area contributed by atoms with Crippen LogP contribution < -0.4 is 4.74 Å². The van der Waals surface area contributed by atoms with Crippen LogP contribution in [0.4, 0.5) is 0 Å². The molecule has 3 aromatic rings. The van der Waals surface area contributed by atoms with E-state index in [1.807, 2.05) is 36.4 Å². The van der Waals surface area contributed by atoms with E-state index in [0.717, 1.165) is 16.7 Å². The fourth-order valence-electron chi connectivity index (χ4n) is 2.89. The average molecular weight is 452 g/mol. The highest BCUT2D eigenvalue weighted by Gasteiger charge is 2.12. The molecule has 2 N–H and O–H groups in total. The molecule has 7 heteroatoms. The second-order valence-corrected chi connectivity index (χ2v) is 7.74. The maximum Gasteiger partial charge on any atom is 0.341 e. The molecule has 0 aliphatic heterocycles. The lowest BCUT2D eigenvalue weighted by atomic mass is 9.98. The van der Waals surface area contributed by atoms with Gasteiger partial charge in [-0.3, -0.25) is 0 Å². The number of hydrogen-bond donors (Lipinski definition) is 2. The summed E-state index contributed by atoms with van der Waals surface area (Å²) in [6.45, 7) is -0.474. The van der Waals surface area contributed by atoms with Crippen molar-refractivity contribution in [3.8, 4) is 11.5 Å². The number of carbonyl (C=O) groups is 1. The maximum absolute atomic E-state index is 10.6. The van der Waals surface area contributed by atoms with Crippen LogP contribution in [-0.2, 0) is 17.6 Å². The molecule has 0 heterocycles. The third-order valence-electron chi connectivity index (χ3n) is 4.31. The van der Waals surface area contributed by atoms with Gasteiger partial charge in [0.25, 0.3) is 0 Å². The third-order valence-corrected chi connectivity index (χ3v) is 5.24. The molecule has 29 heavy (non-hydrogen) atoms. The van der Waals surface area contributed by atoms with Crippen molar-refractivity contribution in [3.05, 3.63) is 91.9 Å². The SMILES string of the molecule is O=C(O)COc1cc(Cl)c(Cc2ccc(O)c(Cc3ccc(Cl)cc3)c2)c(Cl)c1. The van der Waals surface area contributed by atoms with E-state index in [9.17, 15) is 9.90 Å². The minimum absolute atomic E-state index is 0.207. The molecule has 0 saturated carbocycles. The minimum atomic E-state index is -1.08. The molecule has 0 radical (unpaired) electrons. The van der Waals surface area contributed by atoms with Crippen LogP contribution in [0.2, 0.25) is 15.1 Å². The van der Waals surface area contributed by atoms with Gasteiger partial charge in [0.15, 0.2) is 6.61 Å². The van der Waals surface area contributed by atoms with Crippen LogP contribution in [0.5, 0.6) is 11.5 Å². The number of rotatable bonds is 7. The van der Waals surface area contributed by atoms with E-state index in [1.165, 1.54) is 0 Å². The Morgan fingerprint density at radius 2 is 1.48 bits per heavy atom. The van der Waals surface area contributed by atoms with Crippen LogP contribution in [-0.4, -0.2) is 22.8 Å². The number of halogens is 3. The third kappa shape index (κ3) is 5.80. The lowest BCUT2D eigenvalue weighted by Gasteiger charge is -2.12. The molecule has 0 fully saturated rings. The minimum Gasteiger partial charge on any atom is -0.508 e. The Labute approximate surface area is 183 Å². The van der Waals surface area contributed by atoms with Crippen molar-refractivity contribution >= 4 is 40.8 Å². The first kappa shape index (κ1) is 21.3. The van der Waals surface area contributed by atoms with Crippen LogP contribution in [0.3, 0.4) is 0 Å². The largest absolute Gasteiger partial charge is 0.508 e. The van der Waals surface area contributed by atoms with Gasteiger partial charge in [-0.05, 0) is 52.6 Å². The first-order valence-corrected chi connectivity index (χ1v) is 9.83. The quantitative estimate of drug-likeness (QED) is 0.462. The van der Waals surface area contributed by atoms with Crippen molar-refractivity contribution in [1.82, 2.24) is 0 Å². The van der Waals surface area contributed by atoms with E-state index in [4.69, 9.17) is 44.6 Å². The number of hydrogen-bond acceptors (Lipinski definition) is 3. The molecule has 3 rings (SSSR count). The highest BCUT2D eigenvalue weighted by Crippen LogP contribution is 2.33. The predicted molar refractivity (Wildman–Crippen MR) is 115 cm³/mol. The summed E-state index contributed by atoms with van der Waals surface area (Å²) in [5.74, 6) is -0.586. The summed E-state index contributed by atoms with van der Waals surface area (Å²) in [7, 11) is 0. The number of carboxylic acids is 1. The zero-order chi connectivity index (χ0) is 21.0. The van der Waals surface area contributed by atoms with Crippen LogP contribution in [0.25, 0.3) is 0 Å². The van der Waals surface area contributed by atoms with E-state index in [2.05, 4.69) is 0 Å². The molecule has 0 aliphatic rings. The fourth-order valence-corrected chi connectivity index (χ4v) is 3.62. The number of phenols is 1. The van der Waals surface area contributed by atoms with E-state index in [1.54, 1.807) is 18.2 Å². The second-order valence-electron chi connectivity index (χ2n) is 6.49. The van der Waals surface area contributed by atoms with Crippen LogP contribution >= 0.6 is 34.8 Å². The van der Waals surface area contributed by atoms with Crippen molar-refractivity contribution in [2.24, 2.45) is 0 Å². The number of ether oxygens (including phenoxy) is 1. The van der Waals surface area contributed by atoms with Gasteiger partial charge in [0.1, 0.15) is 11.5 Å². The van der Waals surface area contributed by atoms with Gasteiger partial charge in [-0.2, -0.15) is 0 Å². The van der Waals surface area contributed by atoms with E-state index in [-0.39, 0.29) is 5.75 Å². The molecule has 0 unspecified atom stereocenters. The van der Waals surface area contributed by atoms with Crippen LogP contribution in [0, 0.1) is 0 Å². The molecule has 0 saturated heterocycles. The van der Waals surface area contributed by atoms with Crippen LogP contribution in [0.1, 0.15) is 22.3 Å². The number of phenolic OH excluding ortho intramolecular Hbond substituents is 1. The Morgan fingerprint density at radius 1 is 0.862 bits per heavy atom. The van der Waals surface area contributed by atoms with Crippen molar-refractivity contribution in [2.75, 3.05) is 6.61 Å². The lowest BCUT2D eigenvalue weighted by molar-refractivity contribution is -0.139. The van der Waals surface area contributed by atoms with Gasteiger partial charge in [0.05, 0.1) is 0 Å². The van der Waals surface area contributed by atoms with Crippen molar-refractivity contribution in [1.29, 1.82) is 0 Å². The molecule has 3 aromatic carbocycles. The number of aromatic hydroxyl groups is 1. The highest BCUT2D eigenvalue weighted by atomic mass is 35.5. The Morgan fingerprint density at radius 3 is 2.10 bits per heavy atom. The van der Waals surface area contributed by atoms with Crippen molar-refractivity contribution in [2.45, 2.75) is 12.8 Å². The summed E-state index contributed by atoms with van der Waals surface area (Å²) in [5, 5.41) is 20.4. The summed E-state index contributed by atoms with van der Waals surface area (Å²) in [4.78, 5) is 10.6. The maximum atomic E-state index is 10.6. The van der Waals surface area contributed by atoms with Gasteiger partial charge in [-0.25, -0.2) is 4.79 Å². The van der Waals surface area contributed by atoms with Gasteiger partial charge >= 0.3 is 5.97 Å². The van der Waals surface area contributed by atoms with Gasteiger partial charge in [-0.1, -0.05) is 59.1 Å². The average Bonchev–Trinajstić information content (AvgIpc) is 2.67. The van der Waals surface area contributed by atoms with Gasteiger partial charge in [0.2, 0.25) is 0 Å². The standard InChI is InChI=1S/C22H17Cl3O4/c23-16-4-1-13(2-5-16)7-15-8-14(3-6-21(15)26)9-18-19(24)10-17(11-20(18)25)29-12-22(27)28/h1-6,8,10-11,26H,7,9,12H2,(H,27,28). The zero-order valence-corrected chi connectivity index (χ0v) is 17.4. The van der Waals surface area contributed by atoms with Gasteiger partial charge in [0, 0.05) is 27.9 Å². The number of carboxylic acid groups (broad SMARTS) is 1. The lowest BCUT2D eigenvalue weighted by Crippen LogP contribution is -2.09. The second kappa shape index (κ2) is 9.40. The first-order valence-electron chi connectivity index (χ1n) is 8.69.